The van der Waals surface area contributed by atoms with Crippen LogP contribution < -0.4 is 0 Å². The third-order valence-corrected chi connectivity index (χ3v) is 2.98. The quantitative estimate of drug-likeness (QED) is 0.789. The summed E-state index contributed by atoms with van der Waals surface area (Å²) in [5.74, 6) is 0. The van der Waals surface area contributed by atoms with Gasteiger partial charge >= 0.3 is 0 Å². The number of hydrogen-bond donors (Lipinski definition) is 0. The zero-order valence-corrected chi connectivity index (χ0v) is 11.4. The van der Waals surface area contributed by atoms with Crippen molar-refractivity contribution in [2.24, 2.45) is 0 Å². The first kappa shape index (κ1) is 12.6. The van der Waals surface area contributed by atoms with E-state index in [1.165, 1.54) is 0 Å². The highest BCUT2D eigenvalue weighted by Crippen LogP contribution is 2.13. The van der Waals surface area contributed by atoms with Crippen molar-refractivity contribution in [2.75, 3.05) is 0 Å². The van der Waals surface area contributed by atoms with Crippen LogP contribution in [0.5, 0.6) is 0 Å². The van der Waals surface area contributed by atoms with Crippen LogP contribution in [0.1, 0.15) is 11.1 Å². The predicted molar refractivity (Wildman–Crippen MR) is 71.9 cm³/mol. The fraction of sp³-hybridized carbons (Fsp3) is 0.154. The number of pyridine rings is 1. The lowest BCUT2D eigenvalue weighted by atomic mass is 10.2. The Bertz CT molecular complexity index is 487. The number of hydrogen-bond acceptors (Lipinski definition) is 2. The number of rotatable bonds is 4. The first-order valence-electron chi connectivity index (χ1n) is 5.16. The van der Waals surface area contributed by atoms with Gasteiger partial charge in [-0.1, -0.05) is 39.7 Å². The average Bonchev–Trinajstić information content (AvgIpc) is 2.32. The summed E-state index contributed by atoms with van der Waals surface area (Å²) in [7, 11) is 0. The average molecular weight is 313 g/mol. The molecule has 0 saturated carbocycles. The topological polar surface area (TPSA) is 22.1 Å². The van der Waals surface area contributed by atoms with Crippen molar-refractivity contribution in [3.05, 3.63) is 63.3 Å². The summed E-state index contributed by atoms with van der Waals surface area (Å²) in [5.41, 5.74) is 2.18. The molecule has 1 aromatic heterocycles. The number of benzene rings is 1. The molecule has 0 aliphatic rings. The van der Waals surface area contributed by atoms with E-state index in [9.17, 15) is 0 Å². The van der Waals surface area contributed by atoms with E-state index in [4.69, 9.17) is 16.3 Å². The number of aromatic nitrogens is 1. The molecule has 0 fully saturated rings. The van der Waals surface area contributed by atoms with Crippen molar-refractivity contribution < 1.29 is 4.74 Å². The van der Waals surface area contributed by atoms with Crippen LogP contribution in [0.4, 0.5) is 0 Å². The Morgan fingerprint density at radius 2 is 1.76 bits per heavy atom. The zero-order valence-electron chi connectivity index (χ0n) is 9.07. The summed E-state index contributed by atoms with van der Waals surface area (Å²) >= 11 is 9.18. The molecule has 2 aromatic rings. The van der Waals surface area contributed by atoms with Crippen molar-refractivity contribution in [1.29, 1.82) is 0 Å². The molecule has 4 heteroatoms. The lowest BCUT2D eigenvalue weighted by Gasteiger charge is -2.05. The van der Waals surface area contributed by atoms with Crippen LogP contribution in [-0.4, -0.2) is 4.98 Å². The third kappa shape index (κ3) is 4.11. The molecule has 0 unspecified atom stereocenters. The van der Waals surface area contributed by atoms with Crippen molar-refractivity contribution in [1.82, 2.24) is 4.98 Å². The van der Waals surface area contributed by atoms with Crippen LogP contribution in [0.15, 0.2) is 47.1 Å². The second-order valence-corrected chi connectivity index (χ2v) is 4.91. The van der Waals surface area contributed by atoms with E-state index in [1.807, 2.05) is 36.4 Å². The van der Waals surface area contributed by atoms with Gasteiger partial charge < -0.3 is 4.74 Å². The molecule has 1 heterocycles. The molecule has 0 N–H and O–H groups in total. The summed E-state index contributed by atoms with van der Waals surface area (Å²) in [4.78, 5) is 3.92. The molecule has 88 valence electrons. The number of ether oxygens (including phenoxy) is 1. The van der Waals surface area contributed by atoms with E-state index < -0.39 is 0 Å². The van der Waals surface area contributed by atoms with Crippen molar-refractivity contribution in [3.8, 4) is 0 Å². The Labute approximate surface area is 114 Å². The van der Waals surface area contributed by atoms with Gasteiger partial charge in [-0.15, -0.1) is 0 Å². The maximum atomic E-state index is 5.79. The molecular formula is C13H11BrClNO. The van der Waals surface area contributed by atoms with Crippen LogP contribution in [0.3, 0.4) is 0 Å². The largest absolute Gasteiger partial charge is 0.372 e. The second kappa shape index (κ2) is 6.15. The fourth-order valence-electron chi connectivity index (χ4n) is 1.40. The molecular weight excluding hydrogens is 302 g/mol. The first-order valence-corrected chi connectivity index (χ1v) is 6.34. The normalized spacial score (nSPS) is 10.5. The molecule has 17 heavy (non-hydrogen) atoms. The SMILES string of the molecule is Clc1cc(COCc2ccc(Br)cc2)ccn1. The van der Waals surface area contributed by atoms with Crippen LogP contribution in [0, 0.1) is 0 Å². The standard InChI is InChI=1S/C13H11BrClNO/c14-12-3-1-10(2-4-12)8-17-9-11-5-6-16-13(15)7-11/h1-7H,8-9H2. The van der Waals surface area contributed by atoms with E-state index in [2.05, 4.69) is 20.9 Å². The van der Waals surface area contributed by atoms with E-state index in [0.717, 1.165) is 15.6 Å². The van der Waals surface area contributed by atoms with Gasteiger partial charge in [-0.25, -0.2) is 4.98 Å². The van der Waals surface area contributed by atoms with Crippen LogP contribution in [0.25, 0.3) is 0 Å². The van der Waals surface area contributed by atoms with Gasteiger partial charge in [0.25, 0.3) is 0 Å². The van der Waals surface area contributed by atoms with Gasteiger partial charge in [-0.3, -0.25) is 0 Å². The highest BCUT2D eigenvalue weighted by molar-refractivity contribution is 9.10. The Morgan fingerprint density at radius 1 is 1.06 bits per heavy atom. The highest BCUT2D eigenvalue weighted by atomic mass is 79.9. The third-order valence-electron chi connectivity index (χ3n) is 2.24. The van der Waals surface area contributed by atoms with Crippen molar-refractivity contribution >= 4 is 27.5 Å². The van der Waals surface area contributed by atoms with Crippen LogP contribution in [0.2, 0.25) is 5.15 Å². The molecule has 0 atom stereocenters. The molecule has 0 amide bonds. The molecule has 0 aliphatic heterocycles. The van der Waals surface area contributed by atoms with E-state index in [1.54, 1.807) is 6.20 Å². The van der Waals surface area contributed by atoms with Gasteiger partial charge in [-0.05, 0) is 35.4 Å². The fourth-order valence-corrected chi connectivity index (χ4v) is 1.86. The molecule has 0 aliphatic carbocycles. The predicted octanol–water partition coefficient (Wildman–Crippen LogP) is 4.21. The molecule has 0 bridgehead atoms. The van der Waals surface area contributed by atoms with E-state index >= 15 is 0 Å². The molecule has 2 nitrogen and oxygen atoms in total. The maximum Gasteiger partial charge on any atom is 0.129 e. The molecule has 2 rings (SSSR count). The summed E-state index contributed by atoms with van der Waals surface area (Å²) in [6, 6.07) is 11.8. The minimum atomic E-state index is 0.495. The van der Waals surface area contributed by atoms with Crippen LogP contribution >= 0.6 is 27.5 Å². The molecule has 0 radical (unpaired) electrons. The lowest BCUT2D eigenvalue weighted by molar-refractivity contribution is 0.107. The zero-order chi connectivity index (χ0) is 12.1. The smallest absolute Gasteiger partial charge is 0.129 e. The Hall–Kier alpha value is -0.900. The second-order valence-electron chi connectivity index (χ2n) is 3.61. The Morgan fingerprint density at radius 3 is 2.47 bits per heavy atom. The lowest BCUT2D eigenvalue weighted by Crippen LogP contribution is -1.94. The number of nitrogens with zero attached hydrogens (tertiary/aromatic N) is 1. The Balaban J connectivity index is 1.85. The van der Waals surface area contributed by atoms with Gasteiger partial charge in [0.15, 0.2) is 0 Å². The summed E-state index contributed by atoms with van der Waals surface area (Å²) in [6.45, 7) is 1.13. The van der Waals surface area contributed by atoms with Gasteiger partial charge in [0.2, 0.25) is 0 Å². The Kier molecular flexibility index (Phi) is 4.54. The van der Waals surface area contributed by atoms with Gasteiger partial charge in [0, 0.05) is 10.7 Å². The summed E-state index contributed by atoms with van der Waals surface area (Å²) in [5, 5.41) is 0.495. The van der Waals surface area contributed by atoms with Gasteiger partial charge in [0.1, 0.15) is 5.15 Å². The number of halogens is 2. The van der Waals surface area contributed by atoms with Gasteiger partial charge in [-0.2, -0.15) is 0 Å². The van der Waals surface area contributed by atoms with E-state index in [-0.39, 0.29) is 0 Å². The van der Waals surface area contributed by atoms with Crippen molar-refractivity contribution in [3.63, 3.8) is 0 Å². The summed E-state index contributed by atoms with van der Waals surface area (Å²) < 4.78 is 6.67. The summed E-state index contributed by atoms with van der Waals surface area (Å²) in [6.07, 6.45) is 1.68. The molecule has 0 spiro atoms. The monoisotopic (exact) mass is 311 g/mol. The minimum Gasteiger partial charge on any atom is -0.372 e. The minimum absolute atomic E-state index is 0.495. The van der Waals surface area contributed by atoms with E-state index in [0.29, 0.717) is 18.4 Å². The maximum absolute atomic E-state index is 5.79. The molecule has 1 aromatic carbocycles. The van der Waals surface area contributed by atoms with Crippen LogP contribution in [-0.2, 0) is 18.0 Å². The first-order chi connectivity index (χ1) is 8.24. The van der Waals surface area contributed by atoms with Crippen molar-refractivity contribution in [2.45, 2.75) is 13.2 Å². The molecule has 0 saturated heterocycles. The highest BCUT2D eigenvalue weighted by Gasteiger charge is 1.97. The van der Waals surface area contributed by atoms with Gasteiger partial charge in [0.05, 0.1) is 13.2 Å².